The molecule has 0 bridgehead atoms. The number of unbranched alkanes of at least 4 members (excludes halogenated alkanes) is 1. The van der Waals surface area contributed by atoms with Crippen molar-refractivity contribution in [2.24, 2.45) is 5.41 Å². The fourth-order valence-electron chi connectivity index (χ4n) is 2.45. The van der Waals surface area contributed by atoms with E-state index in [-0.39, 0.29) is 0 Å². The smallest absolute Gasteiger partial charge is 0.00982 e. The standard InChI is InChI=1S/C13H23N/c1-4-7-8-10-14-11-9-13(5-2,6-3)12-14/h1H,5-12H2,2-3H3. The summed E-state index contributed by atoms with van der Waals surface area (Å²) in [5.74, 6) is 2.71. The van der Waals surface area contributed by atoms with Crippen molar-refractivity contribution in [1.82, 2.24) is 4.90 Å². The van der Waals surface area contributed by atoms with Crippen LogP contribution in [0, 0.1) is 17.8 Å². The highest BCUT2D eigenvalue weighted by molar-refractivity contribution is 4.89. The van der Waals surface area contributed by atoms with Gasteiger partial charge in [-0.3, -0.25) is 0 Å². The molecule has 0 N–H and O–H groups in total. The van der Waals surface area contributed by atoms with E-state index < -0.39 is 0 Å². The predicted molar refractivity (Wildman–Crippen MR) is 62.1 cm³/mol. The lowest BCUT2D eigenvalue weighted by Gasteiger charge is -2.26. The van der Waals surface area contributed by atoms with E-state index in [2.05, 4.69) is 24.7 Å². The molecule has 0 aromatic heterocycles. The maximum absolute atomic E-state index is 5.25. The minimum absolute atomic E-state index is 0.621. The summed E-state index contributed by atoms with van der Waals surface area (Å²) in [6, 6.07) is 0. The first kappa shape index (κ1) is 11.6. The summed E-state index contributed by atoms with van der Waals surface area (Å²) in [5.41, 5.74) is 0.621. The lowest BCUT2D eigenvalue weighted by atomic mass is 9.82. The van der Waals surface area contributed by atoms with Crippen molar-refractivity contribution >= 4 is 0 Å². The van der Waals surface area contributed by atoms with Crippen molar-refractivity contribution in [2.75, 3.05) is 19.6 Å². The van der Waals surface area contributed by atoms with Crippen molar-refractivity contribution in [3.63, 3.8) is 0 Å². The first-order chi connectivity index (χ1) is 6.76. The highest BCUT2D eigenvalue weighted by Gasteiger charge is 2.34. The van der Waals surface area contributed by atoms with E-state index >= 15 is 0 Å². The molecule has 1 nitrogen and oxygen atoms in total. The minimum atomic E-state index is 0.621. The molecule has 0 amide bonds. The number of likely N-dealkylation sites (tertiary alicyclic amines) is 1. The zero-order valence-corrected chi connectivity index (χ0v) is 9.68. The van der Waals surface area contributed by atoms with Crippen LogP contribution in [0.4, 0.5) is 0 Å². The van der Waals surface area contributed by atoms with Crippen LogP contribution in [0.15, 0.2) is 0 Å². The Morgan fingerprint density at radius 2 is 2.07 bits per heavy atom. The molecule has 1 fully saturated rings. The van der Waals surface area contributed by atoms with E-state index in [9.17, 15) is 0 Å². The van der Waals surface area contributed by atoms with Crippen LogP contribution < -0.4 is 0 Å². The molecular formula is C13H23N. The van der Waals surface area contributed by atoms with Gasteiger partial charge in [-0.05, 0) is 44.2 Å². The van der Waals surface area contributed by atoms with Crippen LogP contribution in [0.2, 0.25) is 0 Å². The highest BCUT2D eigenvalue weighted by Crippen LogP contribution is 2.36. The number of rotatable bonds is 5. The molecule has 1 heterocycles. The van der Waals surface area contributed by atoms with Gasteiger partial charge in [0.25, 0.3) is 0 Å². The predicted octanol–water partition coefficient (Wildman–Crippen LogP) is 2.91. The zero-order valence-electron chi connectivity index (χ0n) is 9.68. The summed E-state index contributed by atoms with van der Waals surface area (Å²) >= 11 is 0. The molecule has 1 saturated heterocycles. The first-order valence-electron chi connectivity index (χ1n) is 5.92. The second-order valence-corrected chi connectivity index (χ2v) is 4.54. The lowest BCUT2D eigenvalue weighted by molar-refractivity contribution is 0.239. The first-order valence-corrected chi connectivity index (χ1v) is 5.92. The molecule has 0 saturated carbocycles. The summed E-state index contributed by atoms with van der Waals surface area (Å²) in [5, 5.41) is 0. The Labute approximate surface area is 88.9 Å². The van der Waals surface area contributed by atoms with E-state index in [1.807, 2.05) is 0 Å². The van der Waals surface area contributed by atoms with Crippen LogP contribution >= 0.6 is 0 Å². The summed E-state index contributed by atoms with van der Waals surface area (Å²) in [4.78, 5) is 2.59. The van der Waals surface area contributed by atoms with E-state index in [0.29, 0.717) is 5.41 Å². The third-order valence-corrected chi connectivity index (χ3v) is 3.81. The molecule has 0 radical (unpaired) electrons. The van der Waals surface area contributed by atoms with Crippen molar-refractivity contribution in [1.29, 1.82) is 0 Å². The normalized spacial score (nSPS) is 20.9. The number of nitrogens with zero attached hydrogens (tertiary/aromatic N) is 1. The van der Waals surface area contributed by atoms with Gasteiger partial charge in [-0.2, -0.15) is 0 Å². The zero-order chi connectivity index (χ0) is 10.4. The maximum Gasteiger partial charge on any atom is 0.00982 e. The van der Waals surface area contributed by atoms with E-state index in [1.165, 1.54) is 45.3 Å². The molecule has 0 aromatic rings. The minimum Gasteiger partial charge on any atom is -0.303 e. The quantitative estimate of drug-likeness (QED) is 0.479. The van der Waals surface area contributed by atoms with Crippen LogP contribution in [0.5, 0.6) is 0 Å². The molecule has 1 aliphatic rings. The summed E-state index contributed by atoms with van der Waals surface area (Å²) < 4.78 is 0. The third-order valence-electron chi connectivity index (χ3n) is 3.81. The van der Waals surface area contributed by atoms with Crippen LogP contribution in [-0.2, 0) is 0 Å². The van der Waals surface area contributed by atoms with Crippen molar-refractivity contribution in [3.8, 4) is 12.3 Å². The Bertz CT molecular complexity index is 198. The van der Waals surface area contributed by atoms with Crippen LogP contribution in [-0.4, -0.2) is 24.5 Å². The monoisotopic (exact) mass is 193 g/mol. The Hall–Kier alpha value is -0.480. The molecule has 14 heavy (non-hydrogen) atoms. The molecule has 80 valence electrons. The molecule has 0 aromatic carbocycles. The summed E-state index contributed by atoms with van der Waals surface area (Å²) in [6.45, 7) is 8.44. The van der Waals surface area contributed by atoms with Crippen LogP contribution in [0.1, 0.15) is 46.0 Å². The number of hydrogen-bond acceptors (Lipinski definition) is 1. The van der Waals surface area contributed by atoms with Gasteiger partial charge in [0.1, 0.15) is 0 Å². The molecule has 0 aliphatic carbocycles. The molecule has 0 atom stereocenters. The third kappa shape index (κ3) is 2.75. The van der Waals surface area contributed by atoms with Gasteiger partial charge in [-0.25, -0.2) is 0 Å². The lowest BCUT2D eigenvalue weighted by Crippen LogP contribution is -2.27. The highest BCUT2D eigenvalue weighted by atomic mass is 15.2. The summed E-state index contributed by atoms with van der Waals surface area (Å²) in [6.07, 6.45) is 11.4. The van der Waals surface area contributed by atoms with E-state index in [1.54, 1.807) is 0 Å². The molecule has 1 heteroatoms. The van der Waals surface area contributed by atoms with E-state index in [0.717, 1.165) is 6.42 Å². The van der Waals surface area contributed by atoms with Crippen LogP contribution in [0.25, 0.3) is 0 Å². The fourth-order valence-corrected chi connectivity index (χ4v) is 2.45. The van der Waals surface area contributed by atoms with Gasteiger partial charge in [0.15, 0.2) is 0 Å². The van der Waals surface area contributed by atoms with E-state index in [4.69, 9.17) is 6.42 Å². The molecule has 1 aliphatic heterocycles. The van der Waals surface area contributed by atoms with Gasteiger partial charge in [0, 0.05) is 13.0 Å². The molecule has 0 unspecified atom stereocenters. The van der Waals surface area contributed by atoms with Crippen molar-refractivity contribution in [2.45, 2.75) is 46.0 Å². The van der Waals surface area contributed by atoms with Gasteiger partial charge >= 0.3 is 0 Å². The van der Waals surface area contributed by atoms with Gasteiger partial charge in [0.05, 0.1) is 0 Å². The Morgan fingerprint density at radius 1 is 1.36 bits per heavy atom. The number of terminal acetylenes is 1. The molecular weight excluding hydrogens is 170 g/mol. The SMILES string of the molecule is C#CCCCN1CCC(CC)(CC)C1. The van der Waals surface area contributed by atoms with Gasteiger partial charge in [0.2, 0.25) is 0 Å². The maximum atomic E-state index is 5.25. The average molecular weight is 193 g/mol. The second-order valence-electron chi connectivity index (χ2n) is 4.54. The Balaban J connectivity index is 2.30. The molecule has 0 spiro atoms. The van der Waals surface area contributed by atoms with Crippen molar-refractivity contribution in [3.05, 3.63) is 0 Å². The van der Waals surface area contributed by atoms with Crippen LogP contribution in [0.3, 0.4) is 0 Å². The van der Waals surface area contributed by atoms with Gasteiger partial charge in [-0.1, -0.05) is 13.8 Å². The van der Waals surface area contributed by atoms with Crippen molar-refractivity contribution < 1.29 is 0 Å². The Morgan fingerprint density at radius 3 is 2.57 bits per heavy atom. The molecule has 1 rings (SSSR count). The number of hydrogen-bond donors (Lipinski definition) is 0. The topological polar surface area (TPSA) is 3.24 Å². The fraction of sp³-hybridized carbons (Fsp3) is 0.846. The summed E-state index contributed by atoms with van der Waals surface area (Å²) in [7, 11) is 0. The Kier molecular flexibility index (Phi) is 4.48. The largest absolute Gasteiger partial charge is 0.303 e. The average Bonchev–Trinajstić information content (AvgIpc) is 2.63. The second kappa shape index (κ2) is 5.41. The van der Waals surface area contributed by atoms with Gasteiger partial charge in [-0.15, -0.1) is 12.3 Å². The van der Waals surface area contributed by atoms with Gasteiger partial charge < -0.3 is 4.90 Å².